The van der Waals surface area contributed by atoms with E-state index in [1.165, 1.54) is 0 Å². The molecule has 7 heteroatoms. The molecule has 1 N–H and O–H groups in total. The van der Waals surface area contributed by atoms with E-state index in [0.717, 1.165) is 5.56 Å². The van der Waals surface area contributed by atoms with Crippen LogP contribution in [0.3, 0.4) is 0 Å². The SMILES string of the molecule is CC(Oc1ccc(Cl)cc1Cl)C(=O)NCc1ccc(Cl)cc1Cl. The topological polar surface area (TPSA) is 38.3 Å². The monoisotopic (exact) mass is 391 g/mol. The largest absolute Gasteiger partial charge is 0.479 e. The molecule has 2 aromatic carbocycles. The maximum atomic E-state index is 12.1. The summed E-state index contributed by atoms with van der Waals surface area (Å²) in [5.41, 5.74) is 0.765. The predicted octanol–water partition coefficient (Wildman–Crippen LogP) is 5.38. The van der Waals surface area contributed by atoms with Crippen LogP contribution >= 0.6 is 46.4 Å². The van der Waals surface area contributed by atoms with Crippen LogP contribution in [0.1, 0.15) is 12.5 Å². The minimum absolute atomic E-state index is 0.275. The molecule has 122 valence electrons. The zero-order valence-electron chi connectivity index (χ0n) is 12.1. The Morgan fingerprint density at radius 3 is 2.26 bits per heavy atom. The normalized spacial score (nSPS) is 11.9. The molecule has 0 radical (unpaired) electrons. The molecule has 0 bridgehead atoms. The molecular weight excluding hydrogens is 380 g/mol. The van der Waals surface area contributed by atoms with E-state index < -0.39 is 6.10 Å². The van der Waals surface area contributed by atoms with Crippen LogP contribution in [0.2, 0.25) is 20.1 Å². The number of carbonyl (C=O) groups is 1. The molecule has 0 saturated heterocycles. The highest BCUT2D eigenvalue weighted by Gasteiger charge is 2.16. The number of ether oxygens (including phenoxy) is 1. The van der Waals surface area contributed by atoms with Crippen LogP contribution in [-0.4, -0.2) is 12.0 Å². The molecule has 3 nitrogen and oxygen atoms in total. The van der Waals surface area contributed by atoms with E-state index in [1.54, 1.807) is 43.3 Å². The third-order valence-corrected chi connectivity index (χ3v) is 4.15. The molecule has 23 heavy (non-hydrogen) atoms. The van der Waals surface area contributed by atoms with E-state index in [4.69, 9.17) is 51.1 Å². The second kappa shape index (κ2) is 8.11. The number of hydrogen-bond acceptors (Lipinski definition) is 2. The Morgan fingerprint density at radius 2 is 1.65 bits per heavy atom. The van der Waals surface area contributed by atoms with Gasteiger partial charge in [0.05, 0.1) is 5.02 Å². The lowest BCUT2D eigenvalue weighted by Crippen LogP contribution is -2.36. The fraction of sp³-hybridized carbons (Fsp3) is 0.188. The lowest BCUT2D eigenvalue weighted by atomic mass is 10.2. The number of carbonyl (C=O) groups excluding carboxylic acids is 1. The minimum Gasteiger partial charge on any atom is -0.479 e. The summed E-state index contributed by atoms with van der Waals surface area (Å²) in [6.45, 7) is 1.90. The molecule has 1 atom stereocenters. The smallest absolute Gasteiger partial charge is 0.261 e. The van der Waals surface area contributed by atoms with E-state index >= 15 is 0 Å². The third kappa shape index (κ3) is 5.18. The highest BCUT2D eigenvalue weighted by molar-refractivity contribution is 6.35. The third-order valence-electron chi connectivity index (χ3n) is 3.04. The second-order valence-corrected chi connectivity index (χ2v) is 6.48. The molecule has 0 aliphatic heterocycles. The molecule has 0 aromatic heterocycles. The highest BCUT2D eigenvalue weighted by Crippen LogP contribution is 2.28. The number of halogens is 4. The van der Waals surface area contributed by atoms with Crippen molar-refractivity contribution in [2.45, 2.75) is 19.6 Å². The molecule has 1 amide bonds. The summed E-state index contributed by atoms with van der Waals surface area (Å²) in [6.07, 6.45) is -0.722. The van der Waals surface area contributed by atoms with Crippen molar-refractivity contribution >= 4 is 52.3 Å². The Labute approximate surface area is 154 Å². The first-order chi connectivity index (χ1) is 10.9. The molecule has 2 rings (SSSR count). The highest BCUT2D eigenvalue weighted by atomic mass is 35.5. The average Bonchev–Trinajstić information content (AvgIpc) is 2.48. The van der Waals surface area contributed by atoms with Gasteiger partial charge in [0, 0.05) is 21.6 Å². The van der Waals surface area contributed by atoms with Gasteiger partial charge >= 0.3 is 0 Å². The predicted molar refractivity (Wildman–Crippen MR) is 94.9 cm³/mol. The summed E-state index contributed by atoms with van der Waals surface area (Å²) >= 11 is 23.7. The lowest BCUT2D eigenvalue weighted by Gasteiger charge is -2.16. The molecule has 0 aliphatic rings. The minimum atomic E-state index is -0.722. The van der Waals surface area contributed by atoms with Crippen molar-refractivity contribution in [3.8, 4) is 5.75 Å². The number of nitrogens with one attached hydrogen (secondary N) is 1. The Kier molecular flexibility index (Phi) is 6.42. The van der Waals surface area contributed by atoms with Crippen LogP contribution in [-0.2, 0) is 11.3 Å². The molecule has 0 spiro atoms. The summed E-state index contributed by atoms with van der Waals surface area (Å²) in [4.78, 5) is 12.1. The van der Waals surface area contributed by atoms with Gasteiger partial charge < -0.3 is 10.1 Å². The molecule has 0 heterocycles. The molecule has 1 unspecified atom stereocenters. The molecule has 0 aliphatic carbocycles. The van der Waals surface area contributed by atoms with Gasteiger partial charge in [-0.15, -0.1) is 0 Å². The van der Waals surface area contributed by atoms with Crippen molar-refractivity contribution in [3.63, 3.8) is 0 Å². The van der Waals surface area contributed by atoms with E-state index in [0.29, 0.717) is 25.8 Å². The van der Waals surface area contributed by atoms with Gasteiger partial charge in [-0.3, -0.25) is 4.79 Å². The average molecular weight is 393 g/mol. The van der Waals surface area contributed by atoms with Gasteiger partial charge in [0.1, 0.15) is 5.75 Å². The Bertz CT molecular complexity index is 721. The van der Waals surface area contributed by atoms with Crippen molar-refractivity contribution in [1.82, 2.24) is 5.32 Å². The van der Waals surface area contributed by atoms with Gasteiger partial charge in [0.15, 0.2) is 6.10 Å². The summed E-state index contributed by atoms with van der Waals surface area (Å²) in [5.74, 6) is 0.102. The van der Waals surface area contributed by atoms with Gasteiger partial charge in [-0.25, -0.2) is 0 Å². The first-order valence-electron chi connectivity index (χ1n) is 6.70. The second-order valence-electron chi connectivity index (χ2n) is 4.79. The van der Waals surface area contributed by atoms with Crippen molar-refractivity contribution < 1.29 is 9.53 Å². The summed E-state index contributed by atoms with van der Waals surface area (Å²) in [6, 6.07) is 9.90. The summed E-state index contributed by atoms with van der Waals surface area (Å²) < 4.78 is 5.54. The first-order valence-corrected chi connectivity index (χ1v) is 8.21. The van der Waals surface area contributed by atoms with Gasteiger partial charge in [-0.2, -0.15) is 0 Å². The summed E-state index contributed by atoms with van der Waals surface area (Å²) in [7, 11) is 0. The Balaban J connectivity index is 1.94. The standard InChI is InChI=1S/C16H13Cl4NO2/c1-9(23-15-5-4-12(18)7-14(15)20)16(22)21-8-10-2-3-11(17)6-13(10)19/h2-7,9H,8H2,1H3,(H,21,22). The van der Waals surface area contributed by atoms with Crippen LogP contribution in [0.5, 0.6) is 5.75 Å². The number of amides is 1. The van der Waals surface area contributed by atoms with Crippen LogP contribution in [0, 0.1) is 0 Å². The fourth-order valence-electron chi connectivity index (χ4n) is 1.81. The Morgan fingerprint density at radius 1 is 1.04 bits per heavy atom. The van der Waals surface area contributed by atoms with Crippen molar-refractivity contribution in [2.24, 2.45) is 0 Å². The van der Waals surface area contributed by atoms with Gasteiger partial charge in [-0.1, -0.05) is 52.5 Å². The number of rotatable bonds is 5. The van der Waals surface area contributed by atoms with E-state index in [1.807, 2.05) is 0 Å². The van der Waals surface area contributed by atoms with Gasteiger partial charge in [0.25, 0.3) is 5.91 Å². The van der Waals surface area contributed by atoms with Gasteiger partial charge in [-0.05, 0) is 42.8 Å². The van der Waals surface area contributed by atoms with Crippen LogP contribution in [0.25, 0.3) is 0 Å². The maximum absolute atomic E-state index is 12.1. The first kappa shape index (κ1) is 18.2. The zero-order chi connectivity index (χ0) is 17.0. The van der Waals surface area contributed by atoms with Crippen molar-refractivity contribution in [1.29, 1.82) is 0 Å². The Hall–Kier alpha value is -1.13. The summed E-state index contributed by atoms with van der Waals surface area (Å²) in [5, 5.41) is 4.63. The van der Waals surface area contributed by atoms with E-state index in [2.05, 4.69) is 5.32 Å². The van der Waals surface area contributed by atoms with Crippen molar-refractivity contribution in [2.75, 3.05) is 0 Å². The molecular formula is C16H13Cl4NO2. The lowest BCUT2D eigenvalue weighted by molar-refractivity contribution is -0.127. The van der Waals surface area contributed by atoms with E-state index in [9.17, 15) is 4.79 Å². The molecule has 0 saturated carbocycles. The van der Waals surface area contributed by atoms with Gasteiger partial charge in [0.2, 0.25) is 0 Å². The zero-order valence-corrected chi connectivity index (χ0v) is 15.1. The van der Waals surface area contributed by atoms with Crippen molar-refractivity contribution in [3.05, 3.63) is 62.1 Å². The quantitative estimate of drug-likeness (QED) is 0.741. The number of benzene rings is 2. The van der Waals surface area contributed by atoms with Crippen LogP contribution in [0.4, 0.5) is 0 Å². The molecule has 2 aromatic rings. The van der Waals surface area contributed by atoms with Crippen LogP contribution < -0.4 is 10.1 Å². The number of hydrogen-bond donors (Lipinski definition) is 1. The maximum Gasteiger partial charge on any atom is 0.261 e. The fourth-order valence-corrected chi connectivity index (χ4v) is 2.73. The van der Waals surface area contributed by atoms with E-state index in [-0.39, 0.29) is 12.5 Å². The molecule has 0 fully saturated rings. The van der Waals surface area contributed by atoms with Crippen LogP contribution in [0.15, 0.2) is 36.4 Å².